The predicted molar refractivity (Wildman–Crippen MR) is 98.0 cm³/mol. The molecule has 1 amide bonds. The van der Waals surface area contributed by atoms with E-state index in [-0.39, 0.29) is 5.92 Å². The van der Waals surface area contributed by atoms with Gasteiger partial charge in [0.05, 0.1) is 0 Å². The molecule has 0 aromatic heterocycles. The molecule has 0 spiro atoms. The third-order valence-corrected chi connectivity index (χ3v) is 5.68. The van der Waals surface area contributed by atoms with Crippen LogP contribution in [0.5, 0.6) is 0 Å². The number of benzene rings is 2. The maximum Gasteiger partial charge on any atom is 0.226 e. The van der Waals surface area contributed by atoms with Crippen molar-refractivity contribution in [2.75, 3.05) is 26.7 Å². The van der Waals surface area contributed by atoms with Crippen molar-refractivity contribution < 1.29 is 4.79 Å². The van der Waals surface area contributed by atoms with E-state index in [0.717, 1.165) is 26.1 Å². The van der Waals surface area contributed by atoms with Gasteiger partial charge in [-0.1, -0.05) is 42.5 Å². The van der Waals surface area contributed by atoms with E-state index < -0.39 is 0 Å². The molecule has 2 unspecified atom stereocenters. The van der Waals surface area contributed by atoms with Gasteiger partial charge >= 0.3 is 0 Å². The molecule has 0 radical (unpaired) electrons. The summed E-state index contributed by atoms with van der Waals surface area (Å²) < 4.78 is 0. The molecule has 3 heteroatoms. The highest BCUT2D eigenvalue weighted by atomic mass is 16.2. The molecular formula is C21H26N2O. The van der Waals surface area contributed by atoms with Crippen molar-refractivity contribution in [2.24, 2.45) is 11.8 Å². The highest BCUT2D eigenvalue weighted by molar-refractivity contribution is 5.85. The van der Waals surface area contributed by atoms with Gasteiger partial charge in [0, 0.05) is 19.5 Å². The predicted octanol–water partition coefficient (Wildman–Crippen LogP) is 3.40. The van der Waals surface area contributed by atoms with Gasteiger partial charge in [-0.2, -0.15) is 0 Å². The summed E-state index contributed by atoms with van der Waals surface area (Å²) in [5, 5.41) is 5.94. The third-order valence-electron chi connectivity index (χ3n) is 5.68. The molecule has 2 fully saturated rings. The summed E-state index contributed by atoms with van der Waals surface area (Å²) in [6.07, 6.45) is 3.39. The van der Waals surface area contributed by atoms with Crippen LogP contribution in [0, 0.1) is 11.8 Å². The maximum atomic E-state index is 12.7. The maximum absolute atomic E-state index is 12.7. The Morgan fingerprint density at radius 2 is 1.88 bits per heavy atom. The number of carbonyl (C=O) groups is 1. The zero-order valence-corrected chi connectivity index (χ0v) is 14.4. The Labute approximate surface area is 144 Å². The van der Waals surface area contributed by atoms with Crippen molar-refractivity contribution in [1.29, 1.82) is 0 Å². The smallest absolute Gasteiger partial charge is 0.226 e. The van der Waals surface area contributed by atoms with Crippen molar-refractivity contribution in [2.45, 2.75) is 25.2 Å². The Hall–Kier alpha value is -1.87. The molecule has 1 heterocycles. The lowest BCUT2D eigenvalue weighted by atomic mass is 9.97. The Morgan fingerprint density at radius 3 is 2.67 bits per heavy atom. The van der Waals surface area contributed by atoms with Crippen LogP contribution in [0.15, 0.2) is 42.5 Å². The van der Waals surface area contributed by atoms with Crippen molar-refractivity contribution in [3.05, 3.63) is 48.0 Å². The molecule has 2 aromatic carbocycles. The molecule has 2 aliphatic rings. The largest absolute Gasteiger partial charge is 0.345 e. The van der Waals surface area contributed by atoms with Gasteiger partial charge in [0.25, 0.3) is 0 Å². The minimum absolute atomic E-state index is 0.192. The van der Waals surface area contributed by atoms with E-state index >= 15 is 0 Å². The van der Waals surface area contributed by atoms with Gasteiger partial charge in [-0.3, -0.25) is 4.79 Å². The second-order valence-corrected chi connectivity index (χ2v) is 7.47. The zero-order valence-electron chi connectivity index (χ0n) is 14.4. The van der Waals surface area contributed by atoms with Crippen LogP contribution in [0.3, 0.4) is 0 Å². The Balaban J connectivity index is 1.39. The molecule has 1 N–H and O–H groups in total. The molecule has 1 saturated heterocycles. The first-order valence-corrected chi connectivity index (χ1v) is 9.17. The molecule has 0 bridgehead atoms. The number of amides is 1. The fourth-order valence-corrected chi connectivity index (χ4v) is 4.10. The summed E-state index contributed by atoms with van der Waals surface area (Å²) in [5.41, 5.74) is 1.32. The number of nitrogens with one attached hydrogen (secondary N) is 1. The van der Waals surface area contributed by atoms with Crippen LogP contribution in [0.4, 0.5) is 0 Å². The number of piperidine rings is 1. The molecule has 4 rings (SSSR count). The van der Waals surface area contributed by atoms with Crippen molar-refractivity contribution in [1.82, 2.24) is 10.2 Å². The zero-order chi connectivity index (χ0) is 16.5. The van der Waals surface area contributed by atoms with E-state index in [1.165, 1.54) is 29.2 Å². The molecule has 1 aliphatic carbocycles. The van der Waals surface area contributed by atoms with E-state index in [1.54, 1.807) is 0 Å². The molecular weight excluding hydrogens is 296 g/mol. The summed E-state index contributed by atoms with van der Waals surface area (Å²) in [4.78, 5) is 14.7. The minimum Gasteiger partial charge on any atom is -0.345 e. The lowest BCUT2D eigenvalue weighted by Gasteiger charge is -2.27. The fraction of sp³-hybridized carbons (Fsp3) is 0.476. The fourth-order valence-electron chi connectivity index (χ4n) is 4.10. The molecule has 1 aliphatic heterocycles. The first-order chi connectivity index (χ1) is 11.7. The first-order valence-electron chi connectivity index (χ1n) is 9.17. The Kier molecular flexibility index (Phi) is 4.28. The lowest BCUT2D eigenvalue weighted by molar-refractivity contribution is -0.132. The van der Waals surface area contributed by atoms with Crippen LogP contribution in [-0.2, 0) is 4.79 Å². The van der Waals surface area contributed by atoms with Gasteiger partial charge in [-0.25, -0.2) is 0 Å². The highest BCUT2D eigenvalue weighted by Crippen LogP contribution is 2.48. The molecule has 1 saturated carbocycles. The summed E-state index contributed by atoms with van der Waals surface area (Å²) >= 11 is 0. The van der Waals surface area contributed by atoms with Crippen LogP contribution in [0.25, 0.3) is 10.8 Å². The van der Waals surface area contributed by atoms with Crippen molar-refractivity contribution in [3.8, 4) is 0 Å². The summed E-state index contributed by atoms with van der Waals surface area (Å²) in [6.45, 7) is 3.10. The van der Waals surface area contributed by atoms with Gasteiger partial charge in [0.2, 0.25) is 5.91 Å². The number of hydrogen-bond acceptors (Lipinski definition) is 2. The summed E-state index contributed by atoms with van der Waals surface area (Å²) in [7, 11) is 1.99. The monoisotopic (exact) mass is 322 g/mol. The van der Waals surface area contributed by atoms with Gasteiger partial charge in [-0.05, 0) is 60.5 Å². The van der Waals surface area contributed by atoms with Gasteiger partial charge in [0.15, 0.2) is 0 Å². The third kappa shape index (κ3) is 3.18. The van der Waals surface area contributed by atoms with Crippen LogP contribution in [0.2, 0.25) is 0 Å². The number of rotatable bonds is 4. The average Bonchev–Trinajstić information content (AvgIpc) is 3.42. The molecule has 2 atom stereocenters. The SMILES string of the molecule is CN(CC1CCNCC1)C(=O)C1CC1c1ccc2ccccc2c1. The Bertz CT molecular complexity index is 735. The van der Waals surface area contributed by atoms with Gasteiger partial charge in [-0.15, -0.1) is 0 Å². The van der Waals surface area contributed by atoms with Crippen LogP contribution < -0.4 is 5.32 Å². The Morgan fingerprint density at radius 1 is 1.12 bits per heavy atom. The van der Waals surface area contributed by atoms with E-state index in [4.69, 9.17) is 0 Å². The molecule has 2 aromatic rings. The molecule has 3 nitrogen and oxygen atoms in total. The number of carbonyl (C=O) groups excluding carboxylic acids is 1. The first kappa shape index (κ1) is 15.6. The second kappa shape index (κ2) is 6.56. The quantitative estimate of drug-likeness (QED) is 0.936. The highest BCUT2D eigenvalue weighted by Gasteiger charge is 2.45. The molecule has 126 valence electrons. The normalized spacial score (nSPS) is 24.0. The van der Waals surface area contributed by atoms with E-state index in [9.17, 15) is 4.79 Å². The van der Waals surface area contributed by atoms with Crippen LogP contribution in [0.1, 0.15) is 30.7 Å². The number of nitrogens with zero attached hydrogens (tertiary/aromatic N) is 1. The summed E-state index contributed by atoms with van der Waals surface area (Å²) in [5.74, 6) is 1.61. The topological polar surface area (TPSA) is 32.3 Å². The van der Waals surface area contributed by atoms with Crippen LogP contribution in [-0.4, -0.2) is 37.5 Å². The summed E-state index contributed by atoms with van der Waals surface area (Å²) in [6, 6.07) is 15.1. The number of fused-ring (bicyclic) bond motifs is 1. The van der Waals surface area contributed by atoms with Crippen LogP contribution >= 0.6 is 0 Å². The lowest BCUT2D eigenvalue weighted by Crippen LogP contribution is -2.37. The number of hydrogen-bond donors (Lipinski definition) is 1. The van der Waals surface area contributed by atoms with Gasteiger partial charge in [0.1, 0.15) is 0 Å². The van der Waals surface area contributed by atoms with E-state index in [2.05, 4.69) is 47.8 Å². The van der Waals surface area contributed by atoms with E-state index in [1.807, 2.05) is 11.9 Å². The van der Waals surface area contributed by atoms with Gasteiger partial charge < -0.3 is 10.2 Å². The molecule has 24 heavy (non-hydrogen) atoms. The van der Waals surface area contributed by atoms with Crippen molar-refractivity contribution in [3.63, 3.8) is 0 Å². The second-order valence-electron chi connectivity index (χ2n) is 7.47. The van der Waals surface area contributed by atoms with Crippen molar-refractivity contribution >= 4 is 16.7 Å². The average molecular weight is 322 g/mol. The standard InChI is InChI=1S/C21H26N2O/c1-23(14-15-8-10-22-11-9-15)21(24)20-13-19(20)18-7-6-16-4-2-3-5-17(16)12-18/h2-7,12,15,19-20,22H,8-11,13-14H2,1H3. The minimum atomic E-state index is 0.192. The van der Waals surface area contributed by atoms with E-state index in [0.29, 0.717) is 17.7 Å².